The number of thioether (sulfide) groups is 2. The minimum Gasteiger partial charge on any atom is -0.151 e. The molecule has 0 radical (unpaired) electrons. The first kappa shape index (κ1) is 4.85. The number of hydrogen-bond acceptors (Lipinski definition) is 2. The molecule has 0 aromatic heterocycles. The zero-order valence-corrected chi connectivity index (χ0v) is 5.28. The van der Waals surface area contributed by atoms with Crippen molar-refractivity contribution in [3.63, 3.8) is 0 Å². The van der Waals surface area contributed by atoms with E-state index in [1.807, 2.05) is 0 Å². The normalized spacial score (nSPS) is 24.0. The van der Waals surface area contributed by atoms with Crippen LogP contribution in [0.25, 0.3) is 0 Å². The van der Waals surface area contributed by atoms with Crippen molar-refractivity contribution in [2.75, 3.05) is 16.6 Å². The SMILES string of the molecule is C1CS[13CH2]SC1. The van der Waals surface area contributed by atoms with Crippen LogP contribution in [-0.2, 0) is 0 Å². The summed E-state index contributed by atoms with van der Waals surface area (Å²) in [5.74, 6) is 2.79. The first-order valence-electron chi connectivity index (χ1n) is 2.15. The zero-order valence-electron chi connectivity index (χ0n) is 3.64. The van der Waals surface area contributed by atoms with E-state index < -0.39 is 0 Å². The van der Waals surface area contributed by atoms with Crippen LogP contribution < -0.4 is 0 Å². The van der Waals surface area contributed by atoms with Crippen LogP contribution in [0.1, 0.15) is 6.42 Å². The van der Waals surface area contributed by atoms with Crippen molar-refractivity contribution < 1.29 is 0 Å². The monoisotopic (exact) mass is 121 g/mol. The van der Waals surface area contributed by atoms with E-state index >= 15 is 0 Å². The molecule has 0 aliphatic carbocycles. The molecule has 1 heterocycles. The van der Waals surface area contributed by atoms with Gasteiger partial charge in [-0.15, -0.1) is 0 Å². The summed E-state index contributed by atoms with van der Waals surface area (Å²) in [6.07, 6.45) is 1.43. The van der Waals surface area contributed by atoms with E-state index in [0.29, 0.717) is 0 Å². The van der Waals surface area contributed by atoms with Gasteiger partial charge in [0.05, 0.1) is 0 Å². The Morgan fingerprint density at radius 3 is 1.83 bits per heavy atom. The molecule has 1 aliphatic rings. The molecule has 2 heteroatoms. The molecule has 6 heavy (non-hydrogen) atoms. The van der Waals surface area contributed by atoms with Gasteiger partial charge in [0.1, 0.15) is 0 Å². The molecule has 36 valence electrons. The Bertz CT molecular complexity index is 21.0. The van der Waals surface area contributed by atoms with Crippen molar-refractivity contribution in [3.8, 4) is 0 Å². The molecular weight excluding hydrogens is 113 g/mol. The molecular formula is C4H8S2. The van der Waals surface area contributed by atoms with Gasteiger partial charge in [0, 0.05) is 5.08 Å². The van der Waals surface area contributed by atoms with Crippen molar-refractivity contribution in [2.24, 2.45) is 0 Å². The molecule has 1 rings (SSSR count). The molecule has 0 nitrogen and oxygen atoms in total. The lowest BCUT2D eigenvalue weighted by molar-refractivity contribution is 1.12. The Kier molecular flexibility index (Phi) is 2.27. The van der Waals surface area contributed by atoms with Gasteiger partial charge in [-0.1, -0.05) is 0 Å². The minimum absolute atomic E-state index is 1.33. The fourth-order valence-corrected chi connectivity index (χ4v) is 2.73. The summed E-state index contributed by atoms with van der Waals surface area (Å²) < 4.78 is 0. The standard InChI is InChI=1S/C4H8S2/c1-2-5-4-6-3-1/h1-4H2/i4+1. The van der Waals surface area contributed by atoms with Crippen molar-refractivity contribution in [1.82, 2.24) is 0 Å². The topological polar surface area (TPSA) is 0 Å². The lowest BCUT2D eigenvalue weighted by atomic mass is 10.6. The number of rotatable bonds is 0. The first-order chi connectivity index (χ1) is 3.00. The summed E-state index contributed by atoms with van der Waals surface area (Å²) in [5, 5.41) is 1.33. The summed E-state index contributed by atoms with van der Waals surface area (Å²) in [6, 6.07) is 0. The van der Waals surface area contributed by atoms with E-state index in [1.54, 1.807) is 0 Å². The van der Waals surface area contributed by atoms with Gasteiger partial charge in [-0.05, 0) is 17.9 Å². The van der Waals surface area contributed by atoms with Crippen LogP contribution in [-0.4, -0.2) is 16.6 Å². The maximum atomic E-state index is 2.06. The second kappa shape index (κ2) is 2.80. The van der Waals surface area contributed by atoms with E-state index in [2.05, 4.69) is 23.5 Å². The highest BCUT2D eigenvalue weighted by Crippen LogP contribution is 2.19. The third kappa shape index (κ3) is 1.43. The molecule has 1 aliphatic heterocycles. The highest BCUT2D eigenvalue weighted by molar-refractivity contribution is 8.16. The average Bonchev–Trinajstić information content (AvgIpc) is 1.72. The van der Waals surface area contributed by atoms with Gasteiger partial charge in [0.25, 0.3) is 0 Å². The molecule has 0 aromatic carbocycles. The zero-order chi connectivity index (χ0) is 4.24. The maximum absolute atomic E-state index is 2.06. The fraction of sp³-hybridized carbons (Fsp3) is 1.00. The second-order valence-corrected chi connectivity index (χ2v) is 3.86. The van der Waals surface area contributed by atoms with Crippen LogP contribution >= 0.6 is 23.5 Å². The molecule has 0 bridgehead atoms. The summed E-state index contributed by atoms with van der Waals surface area (Å²) >= 11 is 4.12. The molecule has 0 spiro atoms. The van der Waals surface area contributed by atoms with E-state index in [9.17, 15) is 0 Å². The highest BCUT2D eigenvalue weighted by atomic mass is 32.2. The predicted octanol–water partition coefficient (Wildman–Crippen LogP) is 1.81. The van der Waals surface area contributed by atoms with Gasteiger partial charge in [0.15, 0.2) is 0 Å². The number of hydrogen-bond donors (Lipinski definition) is 0. The Balaban J connectivity index is 2.00. The Morgan fingerprint density at radius 2 is 1.67 bits per heavy atom. The van der Waals surface area contributed by atoms with Crippen LogP contribution in [0.5, 0.6) is 0 Å². The molecule has 0 aromatic rings. The predicted molar refractivity (Wildman–Crippen MR) is 34.4 cm³/mol. The van der Waals surface area contributed by atoms with Crippen LogP contribution in [0.15, 0.2) is 0 Å². The molecule has 1 saturated heterocycles. The quantitative estimate of drug-likeness (QED) is 0.448. The largest absolute Gasteiger partial charge is 0.151 e. The van der Waals surface area contributed by atoms with Crippen LogP contribution in [0.3, 0.4) is 0 Å². The van der Waals surface area contributed by atoms with Gasteiger partial charge in [-0.3, -0.25) is 0 Å². The molecule has 0 amide bonds. The molecule has 0 atom stereocenters. The lowest BCUT2D eigenvalue weighted by Crippen LogP contribution is -1.90. The third-order valence-corrected chi connectivity index (χ3v) is 3.23. The summed E-state index contributed by atoms with van der Waals surface area (Å²) in [5.41, 5.74) is 0. The lowest BCUT2D eigenvalue weighted by Gasteiger charge is -2.05. The van der Waals surface area contributed by atoms with E-state index in [4.69, 9.17) is 0 Å². The fourth-order valence-electron chi connectivity index (χ4n) is 0.440. The van der Waals surface area contributed by atoms with E-state index in [-0.39, 0.29) is 0 Å². The molecule has 0 N–H and O–H groups in total. The maximum Gasteiger partial charge on any atom is 0.0392 e. The van der Waals surface area contributed by atoms with Crippen LogP contribution in [0, 0.1) is 0 Å². The summed E-state index contributed by atoms with van der Waals surface area (Å²) in [4.78, 5) is 0. The Hall–Kier alpha value is 0.700. The van der Waals surface area contributed by atoms with Gasteiger partial charge < -0.3 is 0 Å². The van der Waals surface area contributed by atoms with E-state index in [0.717, 1.165) is 0 Å². The first-order valence-corrected chi connectivity index (χ1v) is 4.46. The second-order valence-electron chi connectivity index (χ2n) is 1.29. The smallest absolute Gasteiger partial charge is 0.0392 e. The highest BCUT2D eigenvalue weighted by Gasteiger charge is 1.95. The van der Waals surface area contributed by atoms with E-state index in [1.165, 1.54) is 23.0 Å². The van der Waals surface area contributed by atoms with Crippen molar-refractivity contribution in [1.29, 1.82) is 0 Å². The Morgan fingerprint density at radius 1 is 1.00 bits per heavy atom. The van der Waals surface area contributed by atoms with Gasteiger partial charge in [0.2, 0.25) is 0 Å². The van der Waals surface area contributed by atoms with Crippen LogP contribution in [0.2, 0.25) is 0 Å². The minimum atomic E-state index is 1.33. The Labute approximate surface area is 47.1 Å². The van der Waals surface area contributed by atoms with Crippen molar-refractivity contribution >= 4 is 23.5 Å². The van der Waals surface area contributed by atoms with Gasteiger partial charge in [-0.25, -0.2) is 0 Å². The third-order valence-electron chi connectivity index (χ3n) is 0.744. The average molecular weight is 121 g/mol. The van der Waals surface area contributed by atoms with Crippen molar-refractivity contribution in [2.45, 2.75) is 6.42 Å². The van der Waals surface area contributed by atoms with Gasteiger partial charge >= 0.3 is 0 Å². The van der Waals surface area contributed by atoms with Gasteiger partial charge in [-0.2, -0.15) is 23.5 Å². The van der Waals surface area contributed by atoms with Crippen LogP contribution in [0.4, 0.5) is 0 Å². The van der Waals surface area contributed by atoms with Crippen molar-refractivity contribution in [3.05, 3.63) is 0 Å². The molecule has 1 fully saturated rings. The summed E-state index contributed by atoms with van der Waals surface area (Å²) in [7, 11) is 0. The molecule has 0 unspecified atom stereocenters. The summed E-state index contributed by atoms with van der Waals surface area (Å²) in [6.45, 7) is 0. The molecule has 0 saturated carbocycles.